The van der Waals surface area contributed by atoms with Gasteiger partial charge < -0.3 is 19.8 Å². The summed E-state index contributed by atoms with van der Waals surface area (Å²) in [7, 11) is 0. The van der Waals surface area contributed by atoms with Crippen LogP contribution in [0.5, 0.6) is 5.75 Å². The van der Waals surface area contributed by atoms with Gasteiger partial charge in [-0.3, -0.25) is 14.4 Å². The first-order chi connectivity index (χ1) is 16.6. The summed E-state index contributed by atoms with van der Waals surface area (Å²) in [5.74, 6) is -1.66. The zero-order valence-electron chi connectivity index (χ0n) is 19.4. The van der Waals surface area contributed by atoms with Crippen molar-refractivity contribution in [3.63, 3.8) is 0 Å². The maximum Gasteiger partial charge on any atom is 0.287 e. The van der Waals surface area contributed by atoms with Crippen LogP contribution in [0.3, 0.4) is 0 Å². The third-order valence-corrected chi connectivity index (χ3v) is 4.92. The van der Waals surface area contributed by atoms with Crippen molar-refractivity contribution in [3.05, 3.63) is 87.1 Å². The number of nitrogens with one attached hydrogen (secondary N) is 2. The zero-order chi connectivity index (χ0) is 26.1. The van der Waals surface area contributed by atoms with Crippen molar-refractivity contribution in [2.75, 3.05) is 13.0 Å². The summed E-state index contributed by atoms with van der Waals surface area (Å²) in [5, 5.41) is 5.61. The first-order valence-electron chi connectivity index (χ1n) is 10.4. The molecular weight excluding hydrogens is 498 g/mol. The fraction of sp³-hybridized carbons (Fsp3) is 0.240. The van der Waals surface area contributed by atoms with Crippen LogP contribution < -0.4 is 20.8 Å². The summed E-state index contributed by atoms with van der Waals surface area (Å²) < 4.78 is 24.2. The predicted octanol–water partition coefficient (Wildman–Crippen LogP) is 4.97. The number of aryl methyl sites for hydroxylation is 1. The fourth-order valence-electron chi connectivity index (χ4n) is 3.09. The lowest BCUT2D eigenvalue weighted by molar-refractivity contribution is -0.122. The second-order valence-electron chi connectivity index (χ2n) is 7.57. The van der Waals surface area contributed by atoms with Crippen LogP contribution in [-0.2, 0) is 4.79 Å². The van der Waals surface area contributed by atoms with Crippen molar-refractivity contribution in [1.29, 1.82) is 0 Å². The van der Waals surface area contributed by atoms with Gasteiger partial charge in [0.25, 0.3) is 11.8 Å². The number of carbonyl (C=O) groups is 2. The van der Waals surface area contributed by atoms with E-state index in [4.69, 9.17) is 20.8 Å². The SMILES string of the molecule is C=C(CC(C)NC(=O)c1cc(=O)c2ccc(C)cc2o1)NC(=O)COc1ccc(Cl)c(F)c1.CCl. The average Bonchev–Trinajstić information content (AvgIpc) is 2.80. The molecule has 0 spiro atoms. The van der Waals surface area contributed by atoms with E-state index in [9.17, 15) is 18.8 Å². The van der Waals surface area contributed by atoms with Gasteiger partial charge in [-0.05, 0) is 43.7 Å². The maximum absolute atomic E-state index is 13.4. The van der Waals surface area contributed by atoms with Gasteiger partial charge in [-0.25, -0.2) is 4.39 Å². The Morgan fingerprint density at radius 2 is 1.89 bits per heavy atom. The fourth-order valence-corrected chi connectivity index (χ4v) is 3.21. The standard InChI is InChI=1S/C24H22ClFN2O5.CH3Cl/c1-13-4-6-17-20(29)11-22(33-21(17)8-13)24(31)28-15(3)9-14(2)27-23(30)12-32-16-5-7-18(25)19(26)10-16;1-2/h4-8,10-11,15H,2,9,12H2,1,3H3,(H,27,30)(H,28,31);1H3. The second-order valence-corrected chi connectivity index (χ2v) is 7.98. The minimum absolute atomic E-state index is 0.0470. The van der Waals surface area contributed by atoms with E-state index < -0.39 is 23.7 Å². The number of amides is 2. The van der Waals surface area contributed by atoms with E-state index in [1.54, 1.807) is 25.1 Å². The van der Waals surface area contributed by atoms with Crippen LogP contribution in [0, 0.1) is 12.7 Å². The first-order valence-corrected chi connectivity index (χ1v) is 11.5. The number of rotatable bonds is 8. The Kier molecular flexibility index (Phi) is 10.3. The number of fused-ring (bicyclic) bond motifs is 1. The lowest BCUT2D eigenvalue weighted by atomic mass is 10.1. The molecule has 1 unspecified atom stereocenters. The molecule has 0 aliphatic carbocycles. The molecule has 2 amide bonds. The Bertz CT molecular complexity index is 1290. The Labute approximate surface area is 211 Å². The van der Waals surface area contributed by atoms with Gasteiger partial charge in [0, 0.05) is 36.7 Å². The summed E-state index contributed by atoms with van der Waals surface area (Å²) in [6, 6.07) is 9.70. The summed E-state index contributed by atoms with van der Waals surface area (Å²) in [5.41, 5.74) is 1.26. The van der Waals surface area contributed by atoms with Gasteiger partial charge in [0.15, 0.2) is 17.8 Å². The van der Waals surface area contributed by atoms with Crippen LogP contribution in [0.4, 0.5) is 4.39 Å². The van der Waals surface area contributed by atoms with Crippen LogP contribution in [0.2, 0.25) is 5.02 Å². The molecule has 3 aromatic rings. The highest BCUT2D eigenvalue weighted by Crippen LogP contribution is 2.20. The molecule has 3 rings (SSSR count). The first kappa shape index (κ1) is 27.9. The zero-order valence-corrected chi connectivity index (χ0v) is 20.9. The Hall–Kier alpha value is -3.36. The number of halogens is 3. The Balaban J connectivity index is 0.00000210. The van der Waals surface area contributed by atoms with Crippen molar-refractivity contribution >= 4 is 46.0 Å². The van der Waals surface area contributed by atoms with Crippen molar-refractivity contribution in [2.24, 2.45) is 0 Å². The summed E-state index contributed by atoms with van der Waals surface area (Å²) in [6.45, 7) is 6.98. The van der Waals surface area contributed by atoms with E-state index in [0.29, 0.717) is 16.7 Å². The Morgan fingerprint density at radius 3 is 2.57 bits per heavy atom. The third-order valence-electron chi connectivity index (χ3n) is 4.62. The molecule has 7 nitrogen and oxygen atoms in total. The molecule has 1 heterocycles. The second kappa shape index (κ2) is 12.9. The Morgan fingerprint density at radius 1 is 1.17 bits per heavy atom. The number of benzene rings is 2. The topological polar surface area (TPSA) is 97.6 Å². The molecule has 0 saturated carbocycles. The summed E-state index contributed by atoms with van der Waals surface area (Å²) in [6.07, 6.45) is 1.70. The van der Waals surface area contributed by atoms with E-state index in [2.05, 4.69) is 28.8 Å². The van der Waals surface area contributed by atoms with Gasteiger partial charge in [0.05, 0.1) is 10.4 Å². The molecule has 35 heavy (non-hydrogen) atoms. The molecule has 0 aliphatic heterocycles. The molecule has 0 fully saturated rings. The van der Waals surface area contributed by atoms with E-state index >= 15 is 0 Å². The molecule has 2 N–H and O–H groups in total. The van der Waals surface area contributed by atoms with E-state index in [1.165, 1.54) is 18.5 Å². The molecule has 1 aromatic heterocycles. The molecule has 0 radical (unpaired) electrons. The highest BCUT2D eigenvalue weighted by Gasteiger charge is 2.16. The number of alkyl halides is 1. The largest absolute Gasteiger partial charge is 0.484 e. The van der Waals surface area contributed by atoms with Crippen molar-refractivity contribution < 1.29 is 23.1 Å². The minimum atomic E-state index is -0.652. The highest BCUT2D eigenvalue weighted by molar-refractivity contribution is 6.30. The maximum atomic E-state index is 13.4. The van der Waals surface area contributed by atoms with E-state index in [1.807, 2.05) is 6.92 Å². The van der Waals surface area contributed by atoms with Crippen LogP contribution in [0.25, 0.3) is 11.0 Å². The van der Waals surface area contributed by atoms with Crippen molar-refractivity contribution in [2.45, 2.75) is 26.3 Å². The number of ether oxygens (including phenoxy) is 1. The predicted molar refractivity (Wildman–Crippen MR) is 135 cm³/mol. The molecular formula is C25H25Cl2FN2O5. The number of hydrogen-bond acceptors (Lipinski definition) is 5. The molecule has 0 aliphatic rings. The van der Waals surface area contributed by atoms with Gasteiger partial charge >= 0.3 is 0 Å². The molecule has 1 atom stereocenters. The number of carbonyl (C=O) groups excluding carboxylic acids is 2. The van der Waals surface area contributed by atoms with E-state index in [0.717, 1.165) is 17.7 Å². The van der Waals surface area contributed by atoms with Gasteiger partial charge in [-0.2, -0.15) is 0 Å². The normalized spacial score (nSPS) is 11.1. The van der Waals surface area contributed by atoms with Crippen molar-refractivity contribution in [1.82, 2.24) is 10.6 Å². The summed E-state index contributed by atoms with van der Waals surface area (Å²) in [4.78, 5) is 36.8. The smallest absolute Gasteiger partial charge is 0.287 e. The average molecular weight is 523 g/mol. The molecule has 186 valence electrons. The quantitative estimate of drug-likeness (QED) is 0.407. The molecule has 0 bridgehead atoms. The van der Waals surface area contributed by atoms with Crippen molar-refractivity contribution in [3.8, 4) is 5.75 Å². The molecule has 2 aromatic carbocycles. The van der Waals surface area contributed by atoms with Gasteiger partial charge in [0.2, 0.25) is 0 Å². The highest BCUT2D eigenvalue weighted by atomic mass is 35.5. The molecule has 0 saturated heterocycles. The van der Waals surface area contributed by atoms with Crippen LogP contribution in [0.15, 0.2) is 64.0 Å². The van der Waals surface area contributed by atoms with Crippen LogP contribution in [0.1, 0.15) is 29.5 Å². The van der Waals surface area contributed by atoms with Gasteiger partial charge in [-0.15, -0.1) is 11.6 Å². The summed E-state index contributed by atoms with van der Waals surface area (Å²) >= 11 is 10.2. The monoisotopic (exact) mass is 522 g/mol. The third kappa shape index (κ3) is 8.12. The van der Waals surface area contributed by atoms with Gasteiger partial charge in [0.1, 0.15) is 17.1 Å². The van der Waals surface area contributed by atoms with Crippen LogP contribution >= 0.6 is 23.2 Å². The molecule has 10 heteroatoms. The van der Waals surface area contributed by atoms with E-state index in [-0.39, 0.29) is 35.0 Å². The van der Waals surface area contributed by atoms with Gasteiger partial charge in [-0.1, -0.05) is 24.2 Å². The number of hydrogen-bond donors (Lipinski definition) is 2. The minimum Gasteiger partial charge on any atom is -0.484 e. The lowest BCUT2D eigenvalue weighted by Gasteiger charge is -2.16. The van der Waals surface area contributed by atoms with Crippen LogP contribution in [-0.4, -0.2) is 30.8 Å². The lowest BCUT2D eigenvalue weighted by Crippen LogP contribution is -2.36.